The molecule has 0 aliphatic heterocycles. The van der Waals surface area contributed by atoms with Crippen molar-refractivity contribution in [2.24, 2.45) is 0 Å². The normalized spacial score (nSPS) is 11.2. The molecule has 25 heavy (non-hydrogen) atoms. The number of aromatic nitrogens is 4. The maximum Gasteiger partial charge on any atom is 0.234 e. The van der Waals surface area contributed by atoms with Crippen LogP contribution in [0, 0.1) is 0 Å². The van der Waals surface area contributed by atoms with Gasteiger partial charge in [-0.3, -0.25) is 4.79 Å². The number of nitrogens with one attached hydrogen (secondary N) is 1. The number of tetrazole rings is 1. The first-order valence-corrected chi connectivity index (χ1v) is 9.48. The molecule has 8 heteroatoms. The minimum absolute atomic E-state index is 0.0766. The Bertz CT molecular complexity index is 683. The van der Waals surface area contributed by atoms with Gasteiger partial charge in [-0.25, -0.2) is 4.68 Å². The second-order valence-electron chi connectivity index (χ2n) is 6.26. The van der Waals surface area contributed by atoms with E-state index in [1.807, 2.05) is 38.1 Å². The summed E-state index contributed by atoms with van der Waals surface area (Å²) in [6.07, 6.45) is 0. The van der Waals surface area contributed by atoms with E-state index >= 15 is 0 Å². The summed E-state index contributed by atoms with van der Waals surface area (Å²) in [5.41, 5.74) is 1.94. The molecule has 0 unspecified atom stereocenters. The fourth-order valence-corrected chi connectivity index (χ4v) is 3.32. The number of hydrogen-bond acceptors (Lipinski definition) is 6. The predicted molar refractivity (Wildman–Crippen MR) is 102 cm³/mol. The molecule has 0 aliphatic rings. The highest BCUT2D eigenvalue weighted by molar-refractivity contribution is 7.99. The maximum absolute atomic E-state index is 12.2. The number of nitrogens with zero attached hydrogens (tertiary/aromatic N) is 5. The number of carbonyl (C=O) groups excluding carboxylic acids is 1. The van der Waals surface area contributed by atoms with Crippen LogP contribution in [-0.2, 0) is 4.79 Å². The Morgan fingerprint density at radius 2 is 1.92 bits per heavy atom. The smallest absolute Gasteiger partial charge is 0.234 e. The van der Waals surface area contributed by atoms with E-state index in [2.05, 4.69) is 46.5 Å². The van der Waals surface area contributed by atoms with Gasteiger partial charge in [-0.1, -0.05) is 11.8 Å². The second-order valence-corrected chi connectivity index (χ2v) is 7.21. The van der Waals surface area contributed by atoms with Crippen LogP contribution in [0.5, 0.6) is 0 Å². The summed E-state index contributed by atoms with van der Waals surface area (Å²) >= 11 is 1.33. The lowest BCUT2D eigenvalue weighted by molar-refractivity contribution is -0.113. The SMILES string of the molecule is CCN(c1ccc(NC(=O)CSc2nnnn2C(C)C)cc1)C(C)C. The van der Waals surface area contributed by atoms with Crippen LogP contribution in [0.4, 0.5) is 11.4 Å². The first-order valence-electron chi connectivity index (χ1n) is 8.49. The van der Waals surface area contributed by atoms with Crippen molar-refractivity contribution < 1.29 is 4.79 Å². The molecule has 1 aromatic heterocycles. The maximum atomic E-state index is 12.2. The van der Waals surface area contributed by atoms with Gasteiger partial charge in [0, 0.05) is 24.0 Å². The Balaban J connectivity index is 1.91. The van der Waals surface area contributed by atoms with Crippen molar-refractivity contribution in [1.29, 1.82) is 0 Å². The molecule has 0 atom stereocenters. The molecule has 0 saturated carbocycles. The average Bonchev–Trinajstić information content (AvgIpc) is 3.04. The van der Waals surface area contributed by atoms with Crippen molar-refractivity contribution in [2.75, 3.05) is 22.5 Å². The van der Waals surface area contributed by atoms with Crippen LogP contribution in [0.25, 0.3) is 0 Å². The van der Waals surface area contributed by atoms with E-state index in [0.29, 0.717) is 11.2 Å². The van der Waals surface area contributed by atoms with Gasteiger partial charge in [0.05, 0.1) is 11.8 Å². The van der Waals surface area contributed by atoms with Gasteiger partial charge in [-0.05, 0) is 69.3 Å². The minimum Gasteiger partial charge on any atom is -0.369 e. The number of carbonyl (C=O) groups is 1. The standard InChI is InChI=1S/C17H26N6OS/c1-6-22(12(2)3)15-9-7-14(8-10-15)18-16(24)11-25-17-19-20-21-23(17)13(4)5/h7-10,12-13H,6,11H2,1-5H3,(H,18,24). The quantitative estimate of drug-likeness (QED) is 0.727. The van der Waals surface area contributed by atoms with Gasteiger partial charge in [0.2, 0.25) is 11.1 Å². The van der Waals surface area contributed by atoms with Crippen LogP contribution < -0.4 is 10.2 Å². The number of amides is 1. The molecule has 0 saturated heterocycles. The highest BCUT2D eigenvalue weighted by atomic mass is 32.2. The first-order chi connectivity index (χ1) is 11.9. The summed E-state index contributed by atoms with van der Waals surface area (Å²) in [6.45, 7) is 11.4. The van der Waals surface area contributed by atoms with Gasteiger partial charge in [0.25, 0.3) is 0 Å². The molecule has 0 aliphatic carbocycles. The molecule has 1 amide bonds. The summed E-state index contributed by atoms with van der Waals surface area (Å²) < 4.78 is 1.71. The molecule has 1 aromatic carbocycles. The Hall–Kier alpha value is -2.09. The van der Waals surface area contributed by atoms with Gasteiger partial charge in [-0.2, -0.15) is 0 Å². The van der Waals surface area contributed by atoms with Crippen molar-refractivity contribution in [1.82, 2.24) is 20.2 Å². The van der Waals surface area contributed by atoms with Crippen LogP contribution in [-0.4, -0.2) is 44.5 Å². The zero-order chi connectivity index (χ0) is 18.4. The fraction of sp³-hybridized carbons (Fsp3) is 0.529. The van der Waals surface area contributed by atoms with Crippen LogP contribution in [0.2, 0.25) is 0 Å². The molecule has 1 N–H and O–H groups in total. The Labute approximate surface area is 153 Å². The monoisotopic (exact) mass is 362 g/mol. The van der Waals surface area contributed by atoms with E-state index in [1.165, 1.54) is 11.8 Å². The molecule has 0 spiro atoms. The molecule has 1 heterocycles. The molecule has 136 valence electrons. The van der Waals surface area contributed by atoms with Crippen LogP contribution in [0.15, 0.2) is 29.4 Å². The van der Waals surface area contributed by atoms with Crippen molar-refractivity contribution in [3.05, 3.63) is 24.3 Å². The van der Waals surface area contributed by atoms with Crippen LogP contribution in [0.1, 0.15) is 40.7 Å². The van der Waals surface area contributed by atoms with Crippen molar-refractivity contribution in [3.63, 3.8) is 0 Å². The van der Waals surface area contributed by atoms with E-state index in [1.54, 1.807) is 4.68 Å². The van der Waals surface area contributed by atoms with Crippen molar-refractivity contribution >= 4 is 29.0 Å². The number of benzene rings is 1. The Kier molecular flexibility index (Phi) is 6.81. The van der Waals surface area contributed by atoms with Crippen molar-refractivity contribution in [2.45, 2.75) is 51.9 Å². The summed E-state index contributed by atoms with van der Waals surface area (Å²) in [4.78, 5) is 14.5. The highest BCUT2D eigenvalue weighted by Gasteiger charge is 2.13. The number of rotatable bonds is 8. The Morgan fingerprint density at radius 3 is 2.48 bits per heavy atom. The van der Waals surface area contributed by atoms with Crippen LogP contribution in [0.3, 0.4) is 0 Å². The molecule has 0 bridgehead atoms. The summed E-state index contributed by atoms with van der Waals surface area (Å²) in [6, 6.07) is 8.53. The van der Waals surface area contributed by atoms with E-state index in [0.717, 1.165) is 17.9 Å². The highest BCUT2D eigenvalue weighted by Crippen LogP contribution is 2.21. The summed E-state index contributed by atoms with van der Waals surface area (Å²) in [5, 5.41) is 15.1. The van der Waals surface area contributed by atoms with Gasteiger partial charge in [0.15, 0.2) is 0 Å². The van der Waals surface area contributed by atoms with E-state index in [4.69, 9.17) is 0 Å². The van der Waals surface area contributed by atoms with Gasteiger partial charge in [-0.15, -0.1) is 5.10 Å². The number of hydrogen-bond donors (Lipinski definition) is 1. The predicted octanol–water partition coefficient (Wildman–Crippen LogP) is 3.22. The van der Waals surface area contributed by atoms with Crippen molar-refractivity contribution in [3.8, 4) is 0 Å². The minimum atomic E-state index is -0.0766. The fourth-order valence-electron chi connectivity index (χ4n) is 2.51. The summed E-state index contributed by atoms with van der Waals surface area (Å²) in [7, 11) is 0. The van der Waals surface area contributed by atoms with Gasteiger partial charge >= 0.3 is 0 Å². The number of anilines is 2. The lowest BCUT2D eigenvalue weighted by Gasteiger charge is -2.27. The third-order valence-corrected chi connectivity index (χ3v) is 4.66. The topological polar surface area (TPSA) is 75.9 Å². The van der Waals surface area contributed by atoms with Gasteiger partial charge in [0.1, 0.15) is 0 Å². The molecule has 2 rings (SSSR count). The van der Waals surface area contributed by atoms with E-state index in [9.17, 15) is 4.79 Å². The zero-order valence-electron chi connectivity index (χ0n) is 15.4. The first kappa shape index (κ1) is 19.2. The lowest BCUT2D eigenvalue weighted by atomic mass is 10.2. The molecule has 0 fully saturated rings. The summed E-state index contributed by atoms with van der Waals surface area (Å²) in [5.74, 6) is 0.189. The molecule has 7 nitrogen and oxygen atoms in total. The zero-order valence-corrected chi connectivity index (χ0v) is 16.2. The average molecular weight is 363 g/mol. The Morgan fingerprint density at radius 1 is 1.24 bits per heavy atom. The van der Waals surface area contributed by atoms with E-state index < -0.39 is 0 Å². The largest absolute Gasteiger partial charge is 0.369 e. The lowest BCUT2D eigenvalue weighted by Crippen LogP contribution is -2.30. The molecular weight excluding hydrogens is 336 g/mol. The molecule has 2 aromatic rings. The third kappa shape index (κ3) is 5.19. The van der Waals surface area contributed by atoms with Gasteiger partial charge < -0.3 is 10.2 Å². The molecule has 0 radical (unpaired) electrons. The number of thioether (sulfide) groups is 1. The second kappa shape index (κ2) is 8.84. The van der Waals surface area contributed by atoms with Crippen LogP contribution >= 0.6 is 11.8 Å². The molecular formula is C17H26N6OS. The third-order valence-electron chi connectivity index (χ3n) is 3.73. The van der Waals surface area contributed by atoms with E-state index in [-0.39, 0.29) is 17.7 Å².